The third-order valence-electron chi connectivity index (χ3n) is 4.23. The van der Waals surface area contributed by atoms with E-state index < -0.39 is 0 Å². The van der Waals surface area contributed by atoms with Crippen molar-refractivity contribution in [3.05, 3.63) is 63.5 Å². The highest BCUT2D eigenvalue weighted by atomic mass is 79.9. The van der Waals surface area contributed by atoms with Gasteiger partial charge < -0.3 is 14.2 Å². The van der Waals surface area contributed by atoms with Crippen LogP contribution < -0.4 is 4.74 Å². The summed E-state index contributed by atoms with van der Waals surface area (Å²) in [5.41, 5.74) is 1.49. The second kappa shape index (κ2) is 8.55. The summed E-state index contributed by atoms with van der Waals surface area (Å²) in [5.74, 6) is 0.341. The number of aromatic nitrogens is 3. The first-order valence-electron chi connectivity index (χ1n) is 8.69. The highest BCUT2D eigenvalue weighted by molar-refractivity contribution is 9.10. The molecular weight excluding hydrogens is 431 g/mol. The minimum atomic E-state index is -0.345. The molecule has 0 saturated carbocycles. The Morgan fingerprint density at radius 2 is 2.07 bits per heavy atom. The number of carbonyl (C=O) groups is 1. The topological polar surface area (TPSA) is 73.4 Å². The van der Waals surface area contributed by atoms with Gasteiger partial charge >= 0.3 is 0 Å². The Morgan fingerprint density at radius 3 is 2.71 bits per heavy atom. The van der Waals surface area contributed by atoms with E-state index in [2.05, 4.69) is 26.2 Å². The molecule has 3 aromatic rings. The van der Waals surface area contributed by atoms with Crippen LogP contribution in [0.1, 0.15) is 34.4 Å². The predicted molar refractivity (Wildman–Crippen MR) is 103 cm³/mol. The van der Waals surface area contributed by atoms with Crippen LogP contribution in [0, 0.1) is 12.7 Å². The van der Waals surface area contributed by atoms with Gasteiger partial charge in [0.1, 0.15) is 23.9 Å². The molecule has 0 aliphatic carbocycles. The molecule has 2 heterocycles. The fourth-order valence-electron chi connectivity index (χ4n) is 2.60. The number of hydrogen-bond donors (Lipinski definition) is 0. The first-order chi connectivity index (χ1) is 13.4. The number of halogens is 2. The lowest BCUT2D eigenvalue weighted by atomic mass is 10.2. The molecule has 28 heavy (non-hydrogen) atoms. The Balaban J connectivity index is 1.72. The molecular formula is C19H20BrFN4O3. The second-order valence-corrected chi connectivity index (χ2v) is 7.10. The van der Waals surface area contributed by atoms with Crippen LogP contribution in [0.5, 0.6) is 5.75 Å². The third kappa shape index (κ3) is 4.41. The summed E-state index contributed by atoms with van der Waals surface area (Å²) in [4.78, 5) is 14.4. The Labute approximate surface area is 170 Å². The predicted octanol–water partition coefficient (Wildman–Crippen LogP) is 3.95. The quantitative estimate of drug-likeness (QED) is 0.544. The number of aryl methyl sites for hydroxylation is 2. The zero-order chi connectivity index (χ0) is 20.3. The Kier molecular flexibility index (Phi) is 6.13. The fraction of sp³-hybridized carbons (Fsp3) is 0.316. The maximum Gasteiger partial charge on any atom is 0.276 e. The van der Waals surface area contributed by atoms with Gasteiger partial charge in [0.05, 0.1) is 22.3 Å². The lowest BCUT2D eigenvalue weighted by molar-refractivity contribution is 0.0770. The normalized spacial score (nSPS) is 10.9. The summed E-state index contributed by atoms with van der Waals surface area (Å²) >= 11 is 3.46. The van der Waals surface area contributed by atoms with Crippen molar-refractivity contribution in [1.29, 1.82) is 0 Å². The molecule has 0 N–H and O–H groups in total. The number of rotatable bonds is 7. The zero-order valence-corrected chi connectivity index (χ0v) is 17.4. The number of ether oxygens (including phenoxy) is 1. The number of amides is 1. The minimum Gasteiger partial charge on any atom is -0.489 e. The summed E-state index contributed by atoms with van der Waals surface area (Å²) < 4.78 is 26.5. The molecule has 0 unspecified atom stereocenters. The minimum absolute atomic E-state index is 0.0873. The summed E-state index contributed by atoms with van der Waals surface area (Å²) in [6, 6.07) is 5.66. The van der Waals surface area contributed by atoms with Gasteiger partial charge in [0, 0.05) is 19.8 Å². The van der Waals surface area contributed by atoms with Gasteiger partial charge in [-0.05, 0) is 54.0 Å². The van der Waals surface area contributed by atoms with E-state index in [0.717, 1.165) is 16.7 Å². The molecule has 1 aromatic carbocycles. The molecule has 7 nitrogen and oxygen atoms in total. The van der Waals surface area contributed by atoms with Gasteiger partial charge in [-0.1, -0.05) is 5.16 Å². The van der Waals surface area contributed by atoms with E-state index in [1.807, 2.05) is 13.1 Å². The molecule has 0 atom stereocenters. The van der Waals surface area contributed by atoms with Gasteiger partial charge in [-0.3, -0.25) is 9.48 Å². The third-order valence-corrected chi connectivity index (χ3v) is 4.89. The van der Waals surface area contributed by atoms with Crippen molar-refractivity contribution in [2.75, 3.05) is 7.05 Å². The van der Waals surface area contributed by atoms with Crippen LogP contribution >= 0.6 is 15.9 Å². The standard InChI is InChI=1S/C19H20BrFN4O3/c1-4-25-9-16(20)17(22-25)10-24(3)19(26)18-15(12(2)28-23-18)11-27-14-7-5-13(21)6-8-14/h5-9H,4,10-11H2,1-3H3. The SMILES string of the molecule is CCn1cc(Br)c(CN(C)C(=O)c2noc(C)c2COc2ccc(F)cc2)n1. The van der Waals surface area contributed by atoms with Crippen LogP contribution in [-0.4, -0.2) is 32.8 Å². The Bertz CT molecular complexity index is 968. The van der Waals surface area contributed by atoms with Crippen molar-refractivity contribution >= 4 is 21.8 Å². The first-order valence-corrected chi connectivity index (χ1v) is 9.49. The van der Waals surface area contributed by atoms with E-state index in [1.54, 1.807) is 18.7 Å². The number of carbonyl (C=O) groups excluding carboxylic acids is 1. The largest absolute Gasteiger partial charge is 0.489 e. The molecule has 9 heteroatoms. The molecule has 0 saturated heterocycles. The monoisotopic (exact) mass is 450 g/mol. The summed E-state index contributed by atoms with van der Waals surface area (Å²) in [7, 11) is 1.67. The number of hydrogen-bond acceptors (Lipinski definition) is 5. The van der Waals surface area contributed by atoms with Gasteiger partial charge in [0.25, 0.3) is 5.91 Å². The molecule has 148 valence electrons. The van der Waals surface area contributed by atoms with Gasteiger partial charge in [0.2, 0.25) is 0 Å². The first kappa shape index (κ1) is 20.1. The smallest absolute Gasteiger partial charge is 0.276 e. The van der Waals surface area contributed by atoms with Gasteiger partial charge in [-0.25, -0.2) is 4.39 Å². The van der Waals surface area contributed by atoms with Crippen molar-refractivity contribution < 1.29 is 18.4 Å². The summed E-state index contributed by atoms with van der Waals surface area (Å²) in [6.45, 7) is 4.85. The summed E-state index contributed by atoms with van der Waals surface area (Å²) in [6.07, 6.45) is 1.87. The number of benzene rings is 1. The van der Waals surface area contributed by atoms with Crippen LogP contribution in [0.3, 0.4) is 0 Å². The van der Waals surface area contributed by atoms with Crippen LogP contribution in [0.4, 0.5) is 4.39 Å². The highest BCUT2D eigenvalue weighted by Crippen LogP contribution is 2.21. The van der Waals surface area contributed by atoms with Crippen molar-refractivity contribution in [1.82, 2.24) is 19.8 Å². The van der Waals surface area contributed by atoms with E-state index >= 15 is 0 Å². The van der Waals surface area contributed by atoms with Crippen LogP contribution in [0.15, 0.2) is 39.5 Å². The second-order valence-electron chi connectivity index (χ2n) is 6.25. The molecule has 0 radical (unpaired) electrons. The van der Waals surface area contributed by atoms with E-state index in [-0.39, 0.29) is 24.0 Å². The van der Waals surface area contributed by atoms with Gasteiger partial charge in [-0.2, -0.15) is 5.10 Å². The van der Waals surface area contributed by atoms with E-state index in [0.29, 0.717) is 23.6 Å². The van der Waals surface area contributed by atoms with Gasteiger partial charge in [0.15, 0.2) is 5.69 Å². The lowest BCUT2D eigenvalue weighted by Crippen LogP contribution is -2.28. The van der Waals surface area contributed by atoms with Gasteiger partial charge in [-0.15, -0.1) is 0 Å². The summed E-state index contributed by atoms with van der Waals surface area (Å²) in [5, 5.41) is 8.34. The molecule has 0 spiro atoms. The van der Waals surface area contributed by atoms with Crippen LogP contribution in [-0.2, 0) is 19.7 Å². The van der Waals surface area contributed by atoms with E-state index in [4.69, 9.17) is 9.26 Å². The molecule has 0 aliphatic heterocycles. The maximum atomic E-state index is 13.0. The molecule has 1 amide bonds. The molecule has 0 fully saturated rings. The average Bonchev–Trinajstić information content (AvgIpc) is 3.23. The van der Waals surface area contributed by atoms with Crippen molar-refractivity contribution in [2.24, 2.45) is 0 Å². The Hall–Kier alpha value is -2.68. The highest BCUT2D eigenvalue weighted by Gasteiger charge is 2.24. The molecule has 2 aromatic heterocycles. The maximum absolute atomic E-state index is 13.0. The zero-order valence-electron chi connectivity index (χ0n) is 15.8. The van der Waals surface area contributed by atoms with Crippen molar-refractivity contribution in [3.8, 4) is 5.75 Å². The molecule has 0 bridgehead atoms. The van der Waals surface area contributed by atoms with Crippen LogP contribution in [0.2, 0.25) is 0 Å². The van der Waals surface area contributed by atoms with Crippen LogP contribution in [0.25, 0.3) is 0 Å². The lowest BCUT2D eigenvalue weighted by Gasteiger charge is -2.15. The van der Waals surface area contributed by atoms with Crippen molar-refractivity contribution in [3.63, 3.8) is 0 Å². The fourth-order valence-corrected chi connectivity index (χ4v) is 3.04. The van der Waals surface area contributed by atoms with E-state index in [9.17, 15) is 9.18 Å². The average molecular weight is 451 g/mol. The van der Waals surface area contributed by atoms with E-state index in [1.165, 1.54) is 29.2 Å². The molecule has 0 aliphatic rings. The Morgan fingerprint density at radius 1 is 1.36 bits per heavy atom. The number of nitrogens with zero attached hydrogens (tertiary/aromatic N) is 4. The molecule has 3 rings (SSSR count). The van der Waals surface area contributed by atoms with Crippen molar-refractivity contribution in [2.45, 2.75) is 33.5 Å².